The fourth-order valence-electron chi connectivity index (χ4n) is 3.47. The summed E-state index contributed by atoms with van der Waals surface area (Å²) in [5.41, 5.74) is 7.90. The van der Waals surface area contributed by atoms with E-state index in [9.17, 15) is 0 Å². The van der Waals surface area contributed by atoms with Crippen molar-refractivity contribution in [2.75, 3.05) is 0 Å². The Morgan fingerprint density at radius 1 is 0.710 bits per heavy atom. The molecule has 0 aliphatic rings. The van der Waals surface area contributed by atoms with Crippen LogP contribution in [0.25, 0.3) is 0 Å². The Morgan fingerprint density at radius 3 is 1.71 bits per heavy atom. The zero-order chi connectivity index (χ0) is 22.5. The van der Waals surface area contributed by atoms with Gasteiger partial charge in [-0.15, -0.1) is 0 Å². The summed E-state index contributed by atoms with van der Waals surface area (Å²) in [6.07, 6.45) is 0. The largest absolute Gasteiger partial charge is 0.252 e. The summed E-state index contributed by atoms with van der Waals surface area (Å²) in [5, 5.41) is 0.700. The molecule has 0 unspecified atom stereocenters. The molecule has 0 aliphatic carbocycles. The number of pyridine rings is 1. The Bertz CT molecular complexity index is 1080. The monoisotopic (exact) mass is 431 g/mol. The van der Waals surface area contributed by atoms with Crippen molar-refractivity contribution in [2.24, 2.45) is 9.98 Å². The summed E-state index contributed by atoms with van der Waals surface area (Å²) in [5.74, 6) is 0.802. The molecule has 3 rings (SSSR count). The molecular weight excluding hydrogens is 402 g/mol. The van der Waals surface area contributed by atoms with Crippen molar-refractivity contribution in [1.29, 1.82) is 0 Å². The fourth-order valence-corrected chi connectivity index (χ4v) is 3.60. The number of hydrogen-bond donors (Lipinski definition) is 0. The van der Waals surface area contributed by atoms with Gasteiger partial charge in [0.05, 0.1) is 34.2 Å². The van der Waals surface area contributed by atoms with E-state index in [1.54, 1.807) is 0 Å². The maximum atomic E-state index is 5.97. The molecule has 0 aliphatic heterocycles. The number of halogens is 1. The van der Waals surface area contributed by atoms with Crippen LogP contribution in [-0.2, 0) is 0 Å². The molecule has 3 nitrogen and oxygen atoms in total. The van der Waals surface area contributed by atoms with Crippen molar-refractivity contribution in [1.82, 2.24) is 4.98 Å². The highest BCUT2D eigenvalue weighted by atomic mass is 35.5. The highest BCUT2D eigenvalue weighted by Gasteiger charge is 2.14. The smallest absolute Gasteiger partial charge is 0.0849 e. The number of aromatic nitrogens is 1. The van der Waals surface area contributed by atoms with Crippen molar-refractivity contribution < 1.29 is 0 Å². The lowest BCUT2D eigenvalue weighted by atomic mass is 9.93. The van der Waals surface area contributed by atoms with Crippen LogP contribution in [0.15, 0.2) is 70.6 Å². The fraction of sp³-hybridized carbons (Fsp3) is 0.296. The molecule has 1 heterocycles. The summed E-state index contributed by atoms with van der Waals surface area (Å²) < 4.78 is 0. The Balaban J connectivity index is 2.00. The summed E-state index contributed by atoms with van der Waals surface area (Å²) in [7, 11) is 0. The van der Waals surface area contributed by atoms with Gasteiger partial charge in [0.15, 0.2) is 0 Å². The minimum absolute atomic E-state index is 0.401. The topological polar surface area (TPSA) is 37.6 Å². The SMILES string of the molecule is C/C(=N\c1ccc(Cl)cc1)c1cccc(/C(C)=N/c2c(C(C)C)cccc2C(C)C)n1. The van der Waals surface area contributed by atoms with Crippen LogP contribution in [0.4, 0.5) is 11.4 Å². The first-order valence-electron chi connectivity index (χ1n) is 10.7. The normalized spacial score (nSPS) is 12.7. The lowest BCUT2D eigenvalue weighted by Crippen LogP contribution is -2.05. The molecule has 160 valence electrons. The van der Waals surface area contributed by atoms with Gasteiger partial charge in [-0.3, -0.25) is 9.98 Å². The molecule has 31 heavy (non-hydrogen) atoms. The maximum absolute atomic E-state index is 5.97. The maximum Gasteiger partial charge on any atom is 0.0849 e. The lowest BCUT2D eigenvalue weighted by molar-refractivity contribution is 0.834. The molecule has 3 aromatic rings. The van der Waals surface area contributed by atoms with Gasteiger partial charge in [0.2, 0.25) is 0 Å². The quantitative estimate of drug-likeness (QED) is 0.362. The molecule has 0 saturated carbocycles. The van der Waals surface area contributed by atoms with Gasteiger partial charge in [0.1, 0.15) is 0 Å². The average Bonchev–Trinajstić information content (AvgIpc) is 2.75. The number of para-hydroxylation sites is 1. The Hall–Kier alpha value is -2.78. The Kier molecular flexibility index (Phi) is 7.40. The van der Waals surface area contributed by atoms with Crippen LogP contribution < -0.4 is 0 Å². The Labute approximate surface area is 191 Å². The van der Waals surface area contributed by atoms with E-state index in [4.69, 9.17) is 21.6 Å². The van der Waals surface area contributed by atoms with Crippen molar-refractivity contribution in [3.8, 4) is 0 Å². The highest BCUT2D eigenvalue weighted by molar-refractivity contribution is 6.30. The van der Waals surface area contributed by atoms with Gasteiger partial charge in [-0.1, -0.05) is 63.6 Å². The van der Waals surface area contributed by atoms with Crippen LogP contribution in [0.2, 0.25) is 5.02 Å². The van der Waals surface area contributed by atoms with Crippen LogP contribution in [0.1, 0.15) is 75.9 Å². The van der Waals surface area contributed by atoms with E-state index >= 15 is 0 Å². The van der Waals surface area contributed by atoms with Crippen molar-refractivity contribution in [2.45, 2.75) is 53.4 Å². The first-order chi connectivity index (χ1) is 14.8. The second-order valence-corrected chi connectivity index (χ2v) is 8.81. The third-order valence-corrected chi connectivity index (χ3v) is 5.49. The van der Waals surface area contributed by atoms with Gasteiger partial charge in [-0.25, -0.2) is 4.98 Å². The predicted octanol–water partition coefficient (Wildman–Crippen LogP) is 8.26. The minimum Gasteiger partial charge on any atom is -0.252 e. The second-order valence-electron chi connectivity index (χ2n) is 8.37. The van der Waals surface area contributed by atoms with Gasteiger partial charge in [0, 0.05) is 5.02 Å². The van der Waals surface area contributed by atoms with Crippen LogP contribution >= 0.6 is 11.6 Å². The summed E-state index contributed by atoms with van der Waals surface area (Å²) in [6.45, 7) is 12.8. The van der Waals surface area contributed by atoms with E-state index in [0.29, 0.717) is 16.9 Å². The lowest BCUT2D eigenvalue weighted by Gasteiger charge is -2.17. The van der Waals surface area contributed by atoms with E-state index in [1.165, 1.54) is 11.1 Å². The molecule has 2 aromatic carbocycles. The van der Waals surface area contributed by atoms with Crippen molar-refractivity contribution in [3.05, 3.63) is 88.2 Å². The van der Waals surface area contributed by atoms with Crippen LogP contribution in [0.5, 0.6) is 0 Å². The molecule has 0 radical (unpaired) electrons. The van der Waals surface area contributed by atoms with Gasteiger partial charge >= 0.3 is 0 Å². The first-order valence-corrected chi connectivity index (χ1v) is 11.1. The summed E-state index contributed by atoms with van der Waals surface area (Å²) in [6, 6.07) is 20.0. The number of rotatable bonds is 6. The minimum atomic E-state index is 0.401. The zero-order valence-corrected chi connectivity index (χ0v) is 19.9. The van der Waals surface area contributed by atoms with Crippen LogP contribution in [-0.4, -0.2) is 16.4 Å². The average molecular weight is 432 g/mol. The third-order valence-electron chi connectivity index (χ3n) is 5.24. The third kappa shape index (κ3) is 5.68. The molecule has 4 heteroatoms. The summed E-state index contributed by atoms with van der Waals surface area (Å²) in [4.78, 5) is 14.6. The molecule has 0 amide bonds. The van der Waals surface area contributed by atoms with Gasteiger partial charge in [-0.05, 0) is 73.2 Å². The molecule has 0 atom stereocenters. The molecule has 0 saturated heterocycles. The van der Waals surface area contributed by atoms with E-state index in [2.05, 4.69) is 50.9 Å². The van der Waals surface area contributed by atoms with E-state index in [1.807, 2.05) is 56.3 Å². The predicted molar refractivity (Wildman–Crippen MR) is 134 cm³/mol. The van der Waals surface area contributed by atoms with Crippen molar-refractivity contribution in [3.63, 3.8) is 0 Å². The molecular formula is C27H30ClN3. The van der Waals surface area contributed by atoms with Gasteiger partial charge < -0.3 is 0 Å². The summed E-state index contributed by atoms with van der Waals surface area (Å²) >= 11 is 5.97. The second kappa shape index (κ2) is 10.0. The number of hydrogen-bond acceptors (Lipinski definition) is 3. The number of aliphatic imine (C=N–C) groups is 2. The van der Waals surface area contributed by atoms with Crippen LogP contribution in [0.3, 0.4) is 0 Å². The van der Waals surface area contributed by atoms with Crippen molar-refractivity contribution >= 4 is 34.4 Å². The first kappa shape index (κ1) is 22.9. The van der Waals surface area contributed by atoms with Gasteiger partial charge in [0.25, 0.3) is 0 Å². The number of nitrogens with zero attached hydrogens (tertiary/aromatic N) is 3. The molecule has 1 aromatic heterocycles. The standard InChI is InChI=1S/C27H30ClN3/c1-17(2)23-9-7-10-24(18(3)4)27(23)30-20(6)26-12-8-11-25(31-26)19(5)29-22-15-13-21(28)14-16-22/h7-18H,1-6H3/b29-19+,30-20+. The molecule has 0 fully saturated rings. The molecule has 0 bridgehead atoms. The van der Waals surface area contributed by atoms with Crippen LogP contribution in [0, 0.1) is 0 Å². The number of benzene rings is 2. The highest BCUT2D eigenvalue weighted by Crippen LogP contribution is 2.35. The van der Waals surface area contributed by atoms with E-state index < -0.39 is 0 Å². The Morgan fingerprint density at radius 2 is 1.19 bits per heavy atom. The molecule has 0 N–H and O–H groups in total. The van der Waals surface area contributed by atoms with E-state index in [0.717, 1.165) is 34.2 Å². The molecule has 0 spiro atoms. The zero-order valence-electron chi connectivity index (χ0n) is 19.1. The van der Waals surface area contributed by atoms with Gasteiger partial charge in [-0.2, -0.15) is 0 Å². The van der Waals surface area contributed by atoms with E-state index in [-0.39, 0.29) is 0 Å².